The number of hydrogen-bond acceptors (Lipinski definition) is 10. The van der Waals surface area contributed by atoms with Gasteiger partial charge >= 0.3 is 0 Å². The molecule has 0 fully saturated rings. The second kappa shape index (κ2) is 10.0. The van der Waals surface area contributed by atoms with Gasteiger partial charge in [0.2, 0.25) is 15.2 Å². The minimum absolute atomic E-state index is 0.174. The summed E-state index contributed by atoms with van der Waals surface area (Å²) in [6.07, 6.45) is 0. The van der Waals surface area contributed by atoms with Crippen LogP contribution in [0.4, 0.5) is 5.69 Å². The Hall–Kier alpha value is -3.07. The minimum atomic E-state index is -3.90. The van der Waals surface area contributed by atoms with Gasteiger partial charge < -0.3 is 9.64 Å². The second-order valence-corrected chi connectivity index (χ2v) is 9.51. The predicted octanol–water partition coefficient (Wildman–Crippen LogP) is 1.57. The fourth-order valence-electron chi connectivity index (χ4n) is 2.68. The monoisotopic (exact) mass is 479 g/mol. The number of nitro groups is 1. The standard InChI is InChI=1S/C18H21N7O5S2/c1-23(2)11-10-19-32(28,29)13-8-9-17(15(12-13)25(26)27)31-18-20-21-22-24(18)14-6-4-5-7-16(14)30-3/h4-9,12,19H,10-11H2,1-3H3. The molecule has 3 aromatic rings. The van der Waals surface area contributed by atoms with Crippen LogP contribution in [-0.2, 0) is 10.0 Å². The molecule has 12 nitrogen and oxygen atoms in total. The fraction of sp³-hybridized carbons (Fsp3) is 0.278. The van der Waals surface area contributed by atoms with Crippen LogP contribution in [0.2, 0.25) is 0 Å². The lowest BCUT2D eigenvalue weighted by atomic mass is 10.3. The van der Waals surface area contributed by atoms with E-state index in [-0.39, 0.29) is 27.2 Å². The van der Waals surface area contributed by atoms with Crippen molar-refractivity contribution >= 4 is 27.5 Å². The molecule has 0 saturated carbocycles. The number of para-hydroxylation sites is 2. The van der Waals surface area contributed by atoms with E-state index in [0.717, 1.165) is 17.8 Å². The third kappa shape index (κ3) is 5.40. The molecule has 0 unspecified atom stereocenters. The molecule has 0 aliphatic carbocycles. The molecular weight excluding hydrogens is 458 g/mol. The summed E-state index contributed by atoms with van der Waals surface area (Å²) in [5.41, 5.74) is 0.175. The van der Waals surface area contributed by atoms with E-state index in [1.54, 1.807) is 24.3 Å². The first-order valence-electron chi connectivity index (χ1n) is 9.25. The Kier molecular flexibility index (Phi) is 7.40. The van der Waals surface area contributed by atoms with Gasteiger partial charge in [-0.05, 0) is 60.5 Å². The Morgan fingerprint density at radius 1 is 1.25 bits per heavy atom. The number of sulfonamides is 1. The number of likely N-dealkylation sites (N-methyl/N-ethyl adjacent to an activating group) is 1. The Labute approximate surface area is 188 Å². The molecule has 0 radical (unpaired) electrons. The molecule has 170 valence electrons. The molecule has 0 aliphatic heterocycles. The number of ether oxygens (including phenoxy) is 1. The summed E-state index contributed by atoms with van der Waals surface area (Å²) in [5, 5.41) is 23.5. The van der Waals surface area contributed by atoms with Crippen molar-refractivity contribution in [1.29, 1.82) is 0 Å². The third-order valence-corrected chi connectivity index (χ3v) is 6.70. The van der Waals surface area contributed by atoms with E-state index in [0.29, 0.717) is 18.0 Å². The van der Waals surface area contributed by atoms with Crippen LogP contribution >= 0.6 is 11.8 Å². The maximum Gasteiger partial charge on any atom is 0.284 e. The number of tetrazole rings is 1. The lowest BCUT2D eigenvalue weighted by Crippen LogP contribution is -2.31. The largest absolute Gasteiger partial charge is 0.494 e. The molecule has 1 aromatic heterocycles. The highest BCUT2D eigenvalue weighted by Crippen LogP contribution is 2.36. The van der Waals surface area contributed by atoms with Gasteiger partial charge in [-0.15, -0.1) is 5.10 Å². The molecule has 0 bridgehead atoms. The SMILES string of the molecule is COc1ccccc1-n1nnnc1Sc1ccc(S(=O)(=O)NCCN(C)C)cc1[N+](=O)[O-]. The summed E-state index contributed by atoms with van der Waals surface area (Å²) in [6.45, 7) is 0.661. The van der Waals surface area contributed by atoms with Crippen LogP contribution in [0, 0.1) is 10.1 Å². The van der Waals surface area contributed by atoms with E-state index in [1.165, 1.54) is 23.9 Å². The lowest BCUT2D eigenvalue weighted by Gasteiger charge is -2.12. The van der Waals surface area contributed by atoms with E-state index >= 15 is 0 Å². The van der Waals surface area contributed by atoms with E-state index in [4.69, 9.17) is 4.74 Å². The Morgan fingerprint density at radius 3 is 2.69 bits per heavy atom. The lowest BCUT2D eigenvalue weighted by molar-refractivity contribution is -0.388. The van der Waals surface area contributed by atoms with Gasteiger partial charge in [0.05, 0.1) is 21.8 Å². The molecule has 0 amide bonds. The highest BCUT2D eigenvalue weighted by molar-refractivity contribution is 7.99. The smallest absolute Gasteiger partial charge is 0.284 e. The van der Waals surface area contributed by atoms with Gasteiger partial charge in [-0.1, -0.05) is 12.1 Å². The number of benzene rings is 2. The van der Waals surface area contributed by atoms with Crippen molar-refractivity contribution in [2.45, 2.75) is 14.9 Å². The number of nitrogens with zero attached hydrogens (tertiary/aromatic N) is 6. The summed E-state index contributed by atoms with van der Waals surface area (Å²) in [7, 11) is 1.22. The molecule has 14 heteroatoms. The molecule has 1 heterocycles. The van der Waals surface area contributed by atoms with Crippen molar-refractivity contribution in [2.75, 3.05) is 34.3 Å². The van der Waals surface area contributed by atoms with Crippen molar-refractivity contribution in [1.82, 2.24) is 29.8 Å². The predicted molar refractivity (Wildman–Crippen MR) is 117 cm³/mol. The zero-order valence-corrected chi connectivity index (χ0v) is 19.1. The Balaban J connectivity index is 1.92. The summed E-state index contributed by atoms with van der Waals surface area (Å²) in [4.78, 5) is 12.8. The Bertz CT molecular complexity index is 1210. The number of methoxy groups -OCH3 is 1. The van der Waals surface area contributed by atoms with Gasteiger partial charge in [0.1, 0.15) is 11.4 Å². The second-order valence-electron chi connectivity index (χ2n) is 6.73. The summed E-state index contributed by atoms with van der Waals surface area (Å²) >= 11 is 0.939. The fourth-order valence-corrected chi connectivity index (χ4v) is 4.59. The first-order chi connectivity index (χ1) is 15.2. The molecular formula is C18H21N7O5S2. The number of rotatable bonds is 10. The zero-order valence-electron chi connectivity index (χ0n) is 17.5. The average Bonchev–Trinajstić information content (AvgIpc) is 3.21. The van der Waals surface area contributed by atoms with Crippen molar-refractivity contribution in [3.05, 3.63) is 52.6 Å². The first kappa shape index (κ1) is 23.6. The van der Waals surface area contributed by atoms with E-state index < -0.39 is 14.9 Å². The highest BCUT2D eigenvalue weighted by Gasteiger charge is 2.24. The number of nitrogens with one attached hydrogen (secondary N) is 1. The van der Waals surface area contributed by atoms with E-state index in [1.807, 2.05) is 19.0 Å². The third-order valence-electron chi connectivity index (χ3n) is 4.24. The zero-order chi connectivity index (χ0) is 23.3. The molecule has 0 atom stereocenters. The highest BCUT2D eigenvalue weighted by atomic mass is 32.2. The van der Waals surface area contributed by atoms with Gasteiger partial charge in [-0.25, -0.2) is 13.1 Å². The van der Waals surface area contributed by atoms with Gasteiger partial charge in [0.25, 0.3) is 5.69 Å². The molecule has 0 aliphatic rings. The van der Waals surface area contributed by atoms with Gasteiger partial charge in [0.15, 0.2) is 0 Å². The number of aromatic nitrogens is 4. The van der Waals surface area contributed by atoms with Gasteiger partial charge in [-0.2, -0.15) is 4.68 Å². The van der Waals surface area contributed by atoms with E-state index in [2.05, 4.69) is 20.2 Å². The van der Waals surface area contributed by atoms with Crippen molar-refractivity contribution in [3.8, 4) is 11.4 Å². The minimum Gasteiger partial charge on any atom is -0.494 e. The van der Waals surface area contributed by atoms with Gasteiger partial charge in [-0.3, -0.25) is 10.1 Å². The first-order valence-corrected chi connectivity index (χ1v) is 11.6. The normalized spacial score (nSPS) is 11.6. The van der Waals surface area contributed by atoms with Crippen LogP contribution in [0.25, 0.3) is 5.69 Å². The molecule has 1 N–H and O–H groups in total. The van der Waals surface area contributed by atoms with Crippen LogP contribution in [0.1, 0.15) is 0 Å². The Morgan fingerprint density at radius 2 is 2.00 bits per heavy atom. The van der Waals surface area contributed by atoms with E-state index in [9.17, 15) is 18.5 Å². The molecule has 32 heavy (non-hydrogen) atoms. The molecule has 0 spiro atoms. The molecule has 0 saturated heterocycles. The van der Waals surface area contributed by atoms with Crippen LogP contribution in [0.15, 0.2) is 57.4 Å². The van der Waals surface area contributed by atoms with Crippen LogP contribution in [0.3, 0.4) is 0 Å². The number of hydrogen-bond donors (Lipinski definition) is 1. The topological polar surface area (TPSA) is 145 Å². The maximum atomic E-state index is 12.5. The number of nitro benzene ring substituents is 1. The van der Waals surface area contributed by atoms with Gasteiger partial charge in [0, 0.05) is 19.2 Å². The van der Waals surface area contributed by atoms with Crippen molar-refractivity contribution in [2.24, 2.45) is 0 Å². The van der Waals surface area contributed by atoms with Crippen molar-refractivity contribution < 1.29 is 18.1 Å². The summed E-state index contributed by atoms with van der Waals surface area (Å²) in [6, 6.07) is 10.7. The van der Waals surface area contributed by atoms with Crippen LogP contribution in [0.5, 0.6) is 5.75 Å². The molecule has 3 rings (SSSR count). The van der Waals surface area contributed by atoms with Crippen LogP contribution < -0.4 is 9.46 Å². The van der Waals surface area contributed by atoms with Crippen LogP contribution in [-0.4, -0.2) is 72.7 Å². The molecule has 2 aromatic carbocycles. The average molecular weight is 480 g/mol. The quantitative estimate of drug-likeness (QED) is 0.336. The summed E-state index contributed by atoms with van der Waals surface area (Å²) in [5.74, 6) is 0.515. The summed E-state index contributed by atoms with van der Waals surface area (Å²) < 4.78 is 34.2. The maximum absolute atomic E-state index is 12.5. The van der Waals surface area contributed by atoms with Crippen molar-refractivity contribution in [3.63, 3.8) is 0 Å².